The Balaban J connectivity index is 1.47. The highest BCUT2D eigenvalue weighted by Gasteiger charge is 2.39. The summed E-state index contributed by atoms with van der Waals surface area (Å²) in [6, 6.07) is 7.17. The summed E-state index contributed by atoms with van der Waals surface area (Å²) >= 11 is 0. The van der Waals surface area contributed by atoms with Gasteiger partial charge in [-0.05, 0) is 19.9 Å². The molecule has 2 fully saturated rings. The molecule has 0 bridgehead atoms. The molecule has 1 aromatic heterocycles. The van der Waals surface area contributed by atoms with Crippen LogP contribution in [-0.2, 0) is 11.3 Å². The summed E-state index contributed by atoms with van der Waals surface area (Å²) in [7, 11) is 0. The van der Waals surface area contributed by atoms with Gasteiger partial charge in [0.15, 0.2) is 0 Å². The number of carbonyl (C=O) groups is 1. The lowest BCUT2D eigenvalue weighted by atomic mass is 9.98. The highest BCUT2D eigenvalue weighted by molar-refractivity contribution is 5.69. The molecule has 2 N–H and O–H groups in total. The van der Waals surface area contributed by atoms with E-state index >= 15 is 0 Å². The van der Waals surface area contributed by atoms with Crippen LogP contribution in [0.4, 0.5) is 23.7 Å². The summed E-state index contributed by atoms with van der Waals surface area (Å²) in [5, 5.41) is 19.4. The molecular formula is C23H29F3N4O6. The van der Waals surface area contributed by atoms with Gasteiger partial charge in [-0.15, -0.1) is 17.9 Å². The monoisotopic (exact) mass is 514 g/mol. The molecule has 0 saturated carbocycles. The van der Waals surface area contributed by atoms with Crippen molar-refractivity contribution >= 4 is 11.8 Å². The van der Waals surface area contributed by atoms with Gasteiger partial charge in [0.05, 0.1) is 18.8 Å². The number of ether oxygens (including phenoxy) is 2. The first kappa shape index (κ1) is 25.8. The Hall–Kier alpha value is -3.32. The summed E-state index contributed by atoms with van der Waals surface area (Å²) in [5.74, 6) is -1.13. The molecule has 1 aromatic carbocycles. The Labute approximate surface area is 205 Å². The lowest BCUT2D eigenvalue weighted by Crippen LogP contribution is -2.61. The van der Waals surface area contributed by atoms with Gasteiger partial charge in [-0.3, -0.25) is 9.80 Å². The number of aromatic hydroxyl groups is 2. The van der Waals surface area contributed by atoms with E-state index in [-0.39, 0.29) is 18.8 Å². The zero-order chi connectivity index (χ0) is 26.1. The molecule has 2 aliphatic rings. The van der Waals surface area contributed by atoms with Gasteiger partial charge in [-0.1, -0.05) is 6.07 Å². The van der Waals surface area contributed by atoms with Gasteiger partial charge in [-0.2, -0.15) is 0 Å². The van der Waals surface area contributed by atoms with Crippen LogP contribution in [0.25, 0.3) is 0 Å². The molecule has 2 aromatic rings. The first-order valence-electron chi connectivity index (χ1n) is 11.5. The third-order valence-electron chi connectivity index (χ3n) is 6.22. The highest BCUT2D eigenvalue weighted by atomic mass is 19.4. The molecule has 10 nitrogen and oxygen atoms in total. The van der Waals surface area contributed by atoms with Gasteiger partial charge >= 0.3 is 12.5 Å². The van der Waals surface area contributed by atoms with Crippen LogP contribution in [0.1, 0.15) is 19.4 Å². The lowest BCUT2D eigenvalue weighted by Gasteiger charge is -2.46. The predicted molar refractivity (Wildman–Crippen MR) is 122 cm³/mol. The molecule has 198 valence electrons. The molecule has 1 amide bonds. The number of carbonyl (C=O) groups excluding carboxylic acids is 1. The zero-order valence-corrected chi connectivity index (χ0v) is 20.0. The number of rotatable bonds is 5. The van der Waals surface area contributed by atoms with Crippen LogP contribution in [0.5, 0.6) is 17.5 Å². The molecule has 0 radical (unpaired) electrons. The fourth-order valence-corrected chi connectivity index (χ4v) is 4.50. The fourth-order valence-electron chi connectivity index (χ4n) is 4.50. The van der Waals surface area contributed by atoms with Crippen LogP contribution in [0.3, 0.4) is 0 Å². The maximum absolute atomic E-state index is 13.2. The second-order valence-corrected chi connectivity index (χ2v) is 9.32. The Morgan fingerprint density at radius 2 is 1.72 bits per heavy atom. The van der Waals surface area contributed by atoms with E-state index in [1.807, 2.05) is 9.80 Å². The topological polar surface area (TPSA) is 99.9 Å². The van der Waals surface area contributed by atoms with Crippen molar-refractivity contribution in [2.45, 2.75) is 32.3 Å². The summed E-state index contributed by atoms with van der Waals surface area (Å²) in [6.07, 6.45) is -5.62. The van der Waals surface area contributed by atoms with Crippen LogP contribution >= 0.6 is 0 Å². The van der Waals surface area contributed by atoms with E-state index < -0.39 is 29.8 Å². The van der Waals surface area contributed by atoms with Crippen molar-refractivity contribution in [2.24, 2.45) is 0 Å². The number of alkyl halides is 3. The normalized spacial score (nSPS) is 18.8. The van der Waals surface area contributed by atoms with E-state index in [1.165, 1.54) is 23.1 Å². The minimum atomic E-state index is -4.84. The molecular weight excluding hydrogens is 485 g/mol. The predicted octanol–water partition coefficient (Wildman–Crippen LogP) is 2.78. The van der Waals surface area contributed by atoms with E-state index in [0.29, 0.717) is 55.4 Å². The molecule has 0 aliphatic carbocycles. The minimum absolute atomic E-state index is 0.181. The Morgan fingerprint density at radius 1 is 1.06 bits per heavy atom. The average molecular weight is 515 g/mol. The number of hydrogen-bond donors (Lipinski definition) is 2. The number of aromatic nitrogens is 1. The van der Waals surface area contributed by atoms with E-state index in [1.54, 1.807) is 26.0 Å². The van der Waals surface area contributed by atoms with Gasteiger partial charge in [0, 0.05) is 68.7 Å². The second-order valence-electron chi connectivity index (χ2n) is 9.32. The number of morpholine rings is 1. The first-order valence-corrected chi connectivity index (χ1v) is 11.5. The third-order valence-corrected chi connectivity index (χ3v) is 6.22. The highest BCUT2D eigenvalue weighted by Crippen LogP contribution is 2.33. The number of amides is 1. The van der Waals surface area contributed by atoms with Crippen molar-refractivity contribution in [3.05, 3.63) is 35.9 Å². The van der Waals surface area contributed by atoms with Gasteiger partial charge in [-0.25, -0.2) is 4.79 Å². The second kappa shape index (κ2) is 9.97. The number of hydrogen-bond acceptors (Lipinski definition) is 8. The lowest BCUT2D eigenvalue weighted by molar-refractivity contribution is -0.275. The van der Waals surface area contributed by atoms with Crippen molar-refractivity contribution in [2.75, 3.05) is 50.8 Å². The van der Waals surface area contributed by atoms with Crippen LogP contribution in [0.15, 0.2) is 30.3 Å². The smallest absolute Gasteiger partial charge is 0.492 e. The molecule has 0 atom stereocenters. The quantitative estimate of drug-likeness (QED) is 0.629. The molecule has 0 unspecified atom stereocenters. The SMILES string of the molecule is CC1(C)CN(Cc2ccc(N3CCOCC3)cc2OC(F)(F)F)CCN1C(=O)On1c(O)ccc1O. The molecule has 3 heterocycles. The molecule has 36 heavy (non-hydrogen) atoms. The molecule has 13 heteroatoms. The zero-order valence-electron chi connectivity index (χ0n) is 20.0. The van der Waals surface area contributed by atoms with Crippen molar-refractivity contribution in [3.63, 3.8) is 0 Å². The van der Waals surface area contributed by atoms with Gasteiger partial charge in [0.2, 0.25) is 11.8 Å². The molecule has 2 saturated heterocycles. The number of benzene rings is 1. The maximum Gasteiger partial charge on any atom is 0.573 e. The van der Waals surface area contributed by atoms with Crippen LogP contribution in [0.2, 0.25) is 0 Å². The summed E-state index contributed by atoms with van der Waals surface area (Å²) in [6.45, 7) is 6.85. The number of nitrogens with zero attached hydrogens (tertiary/aromatic N) is 4. The van der Waals surface area contributed by atoms with Gasteiger partial charge in [0.1, 0.15) is 5.75 Å². The molecule has 2 aliphatic heterocycles. The maximum atomic E-state index is 13.2. The summed E-state index contributed by atoms with van der Waals surface area (Å²) < 4.78 is 49.9. The Morgan fingerprint density at radius 3 is 2.33 bits per heavy atom. The van der Waals surface area contributed by atoms with E-state index in [0.717, 1.165) is 0 Å². The van der Waals surface area contributed by atoms with E-state index in [9.17, 15) is 28.2 Å². The van der Waals surface area contributed by atoms with Gasteiger partial charge in [0.25, 0.3) is 0 Å². The van der Waals surface area contributed by atoms with Crippen LogP contribution < -0.4 is 14.5 Å². The third kappa shape index (κ3) is 5.90. The van der Waals surface area contributed by atoms with Crippen LogP contribution in [-0.4, -0.2) is 88.7 Å². The molecule has 0 spiro atoms. The van der Waals surface area contributed by atoms with Crippen LogP contribution in [0, 0.1) is 0 Å². The summed E-state index contributed by atoms with van der Waals surface area (Å²) in [5.41, 5.74) is 0.246. The first-order chi connectivity index (χ1) is 16.9. The standard InChI is InChI=1S/C23H29F3N4O6/c1-22(2)15-27(7-8-29(22)21(33)36-30-19(31)5-6-20(30)32)14-16-3-4-17(28-9-11-34-12-10-28)13-18(16)35-23(24,25)26/h3-6,13,31-32H,7-12,14-15H2,1-2H3. The largest absolute Gasteiger partial charge is 0.573 e. The summed E-state index contributed by atoms with van der Waals surface area (Å²) in [4.78, 5) is 23.2. The average Bonchev–Trinajstić information content (AvgIpc) is 3.11. The minimum Gasteiger partial charge on any atom is -0.492 e. The number of anilines is 1. The van der Waals surface area contributed by atoms with Crippen molar-refractivity contribution in [3.8, 4) is 17.5 Å². The van der Waals surface area contributed by atoms with E-state index in [4.69, 9.17) is 9.57 Å². The number of piperazine rings is 1. The van der Waals surface area contributed by atoms with Gasteiger partial charge < -0.3 is 29.4 Å². The van der Waals surface area contributed by atoms with Crippen molar-refractivity contribution in [1.82, 2.24) is 14.5 Å². The molecule has 4 rings (SSSR count). The van der Waals surface area contributed by atoms with Crippen molar-refractivity contribution in [1.29, 1.82) is 0 Å². The Kier molecular flexibility index (Phi) is 7.14. The number of halogens is 3. The van der Waals surface area contributed by atoms with E-state index in [2.05, 4.69) is 4.74 Å². The van der Waals surface area contributed by atoms with Crippen molar-refractivity contribution < 1.29 is 42.5 Å². The fraction of sp³-hybridized carbons (Fsp3) is 0.522. The Bertz CT molecular complexity index is 1060.